The maximum atomic E-state index is 13.7. The number of anilines is 1. The summed E-state index contributed by atoms with van der Waals surface area (Å²) in [5.41, 5.74) is 3.94. The topological polar surface area (TPSA) is 90.5 Å². The molecule has 1 aromatic carbocycles. The van der Waals surface area contributed by atoms with Gasteiger partial charge in [-0.2, -0.15) is 0 Å². The molecule has 0 radical (unpaired) electrons. The van der Waals surface area contributed by atoms with Crippen molar-refractivity contribution in [3.8, 4) is 0 Å². The van der Waals surface area contributed by atoms with E-state index < -0.39 is 5.54 Å². The van der Waals surface area contributed by atoms with Gasteiger partial charge in [0.15, 0.2) is 0 Å². The maximum Gasteiger partial charge on any atom is 0.322 e. The van der Waals surface area contributed by atoms with E-state index in [4.69, 9.17) is 0 Å². The number of hydrogen-bond donors (Lipinski definition) is 3. The van der Waals surface area contributed by atoms with Crippen LogP contribution in [-0.2, 0) is 9.59 Å². The number of amides is 4. The van der Waals surface area contributed by atoms with Crippen LogP contribution in [0.3, 0.4) is 0 Å². The fraction of sp³-hybridized carbons (Fsp3) is 0.560. The Balaban J connectivity index is 2.00. The van der Waals surface area contributed by atoms with Crippen LogP contribution in [0.2, 0.25) is 0 Å². The SMILES string of the molecule is CCCCCCC1(C2=C(C)C(=O)NC2=O)CNCCN1C(=O)Nc1c(C)cc(C)cc1C. The van der Waals surface area contributed by atoms with E-state index in [-0.39, 0.29) is 17.8 Å². The zero-order valence-corrected chi connectivity index (χ0v) is 20.0. The van der Waals surface area contributed by atoms with E-state index in [1.54, 1.807) is 11.8 Å². The molecule has 1 saturated heterocycles. The van der Waals surface area contributed by atoms with Gasteiger partial charge in [0, 0.05) is 30.9 Å². The number of carbonyl (C=O) groups is 3. The van der Waals surface area contributed by atoms with Crippen molar-refractivity contribution in [1.82, 2.24) is 15.5 Å². The maximum absolute atomic E-state index is 13.7. The second kappa shape index (κ2) is 9.86. The molecule has 0 spiro atoms. The van der Waals surface area contributed by atoms with E-state index in [0.29, 0.717) is 37.2 Å². The van der Waals surface area contributed by atoms with Gasteiger partial charge >= 0.3 is 6.03 Å². The van der Waals surface area contributed by atoms with Crippen LogP contribution in [-0.4, -0.2) is 47.9 Å². The lowest BCUT2D eigenvalue weighted by atomic mass is 9.79. The number of rotatable bonds is 7. The van der Waals surface area contributed by atoms with E-state index in [0.717, 1.165) is 48.1 Å². The molecule has 2 aliphatic heterocycles. The van der Waals surface area contributed by atoms with E-state index in [2.05, 4.69) is 22.9 Å². The summed E-state index contributed by atoms with van der Waals surface area (Å²) >= 11 is 0. The fourth-order valence-corrected chi connectivity index (χ4v) is 5.16. The Bertz CT molecular complexity index is 930. The Morgan fingerprint density at radius 3 is 2.34 bits per heavy atom. The van der Waals surface area contributed by atoms with Crippen LogP contribution in [0.5, 0.6) is 0 Å². The first-order chi connectivity index (χ1) is 15.2. The lowest BCUT2D eigenvalue weighted by Gasteiger charge is -2.48. The molecule has 4 amide bonds. The highest BCUT2D eigenvalue weighted by Gasteiger charge is 2.50. The molecule has 32 heavy (non-hydrogen) atoms. The van der Waals surface area contributed by atoms with Crippen LogP contribution >= 0.6 is 0 Å². The van der Waals surface area contributed by atoms with Crippen LogP contribution in [0.4, 0.5) is 10.5 Å². The fourth-order valence-electron chi connectivity index (χ4n) is 5.16. The van der Waals surface area contributed by atoms with Crippen molar-refractivity contribution in [1.29, 1.82) is 0 Å². The monoisotopic (exact) mass is 440 g/mol. The number of hydrogen-bond acceptors (Lipinski definition) is 4. The number of imide groups is 1. The van der Waals surface area contributed by atoms with Crippen LogP contribution in [0, 0.1) is 20.8 Å². The van der Waals surface area contributed by atoms with E-state index in [1.807, 2.05) is 32.9 Å². The molecule has 2 aliphatic rings. The third kappa shape index (κ3) is 4.58. The first-order valence-corrected chi connectivity index (χ1v) is 11.7. The molecule has 7 heteroatoms. The largest absolute Gasteiger partial charge is 0.322 e. The third-order valence-electron chi connectivity index (χ3n) is 6.68. The Kier molecular flexibility index (Phi) is 7.39. The molecule has 0 bridgehead atoms. The zero-order chi connectivity index (χ0) is 23.5. The average Bonchev–Trinajstić information content (AvgIpc) is 3.00. The molecular formula is C25H36N4O3. The molecule has 7 nitrogen and oxygen atoms in total. The van der Waals surface area contributed by atoms with Crippen molar-refractivity contribution in [3.63, 3.8) is 0 Å². The van der Waals surface area contributed by atoms with E-state index in [1.165, 1.54) is 0 Å². The summed E-state index contributed by atoms with van der Waals surface area (Å²) in [7, 11) is 0. The van der Waals surface area contributed by atoms with Gasteiger partial charge in [0.05, 0.1) is 11.1 Å². The van der Waals surface area contributed by atoms with Crippen LogP contribution < -0.4 is 16.0 Å². The Morgan fingerprint density at radius 2 is 1.75 bits per heavy atom. The Morgan fingerprint density at radius 1 is 1.06 bits per heavy atom. The number of aryl methyl sites for hydroxylation is 3. The molecule has 1 unspecified atom stereocenters. The van der Waals surface area contributed by atoms with Crippen molar-refractivity contribution >= 4 is 23.5 Å². The normalized spacial score (nSPS) is 21.2. The van der Waals surface area contributed by atoms with Gasteiger partial charge in [0.2, 0.25) is 0 Å². The van der Waals surface area contributed by atoms with Crippen LogP contribution in [0.1, 0.15) is 62.6 Å². The van der Waals surface area contributed by atoms with Crippen molar-refractivity contribution in [2.24, 2.45) is 0 Å². The first kappa shape index (κ1) is 24.0. The molecule has 3 rings (SSSR count). The highest BCUT2D eigenvalue weighted by atomic mass is 16.2. The van der Waals surface area contributed by atoms with Gasteiger partial charge < -0.3 is 15.5 Å². The number of nitrogens with one attached hydrogen (secondary N) is 3. The second-order valence-electron chi connectivity index (χ2n) is 9.16. The summed E-state index contributed by atoms with van der Waals surface area (Å²) in [5.74, 6) is -0.749. The predicted octanol–water partition coefficient (Wildman–Crippen LogP) is 3.73. The summed E-state index contributed by atoms with van der Waals surface area (Å²) in [6, 6.07) is 3.87. The van der Waals surface area contributed by atoms with Crippen molar-refractivity contribution in [2.75, 3.05) is 25.0 Å². The Hall–Kier alpha value is -2.67. The minimum absolute atomic E-state index is 0.232. The second-order valence-corrected chi connectivity index (χ2v) is 9.16. The van der Waals surface area contributed by atoms with Crippen molar-refractivity contribution in [3.05, 3.63) is 40.0 Å². The number of urea groups is 1. The molecule has 174 valence electrons. The van der Waals surface area contributed by atoms with Gasteiger partial charge in [-0.1, -0.05) is 50.3 Å². The summed E-state index contributed by atoms with van der Waals surface area (Å²) in [5, 5.41) is 8.93. The first-order valence-electron chi connectivity index (χ1n) is 11.7. The number of piperazine rings is 1. The summed E-state index contributed by atoms with van der Waals surface area (Å²) in [6.07, 6.45) is 4.72. The van der Waals surface area contributed by atoms with Crippen molar-refractivity contribution in [2.45, 2.75) is 72.3 Å². The lowest BCUT2D eigenvalue weighted by molar-refractivity contribution is -0.124. The van der Waals surface area contributed by atoms with Gasteiger partial charge in [-0.05, 0) is 45.2 Å². The molecule has 1 aromatic rings. The molecule has 2 heterocycles. The minimum atomic E-state index is -0.858. The highest BCUT2D eigenvalue weighted by Crippen LogP contribution is 2.37. The number of carbonyl (C=O) groups excluding carboxylic acids is 3. The standard InChI is InChI=1S/C25H36N4O3/c1-6-7-8-9-10-25(20-19(5)22(30)28-23(20)31)15-26-11-12-29(25)24(32)27-21-17(3)13-16(2)14-18(21)4/h13-14,26H,6-12,15H2,1-5H3,(H,27,32)(H,28,30,31). The summed E-state index contributed by atoms with van der Waals surface area (Å²) in [6.45, 7) is 11.4. The van der Waals surface area contributed by atoms with Gasteiger partial charge in [-0.25, -0.2) is 4.79 Å². The minimum Gasteiger partial charge on any atom is -0.312 e. The summed E-state index contributed by atoms with van der Waals surface area (Å²) < 4.78 is 0. The Labute approximate surface area is 191 Å². The molecule has 1 fully saturated rings. The number of benzene rings is 1. The predicted molar refractivity (Wildman–Crippen MR) is 127 cm³/mol. The van der Waals surface area contributed by atoms with Gasteiger partial charge in [-0.15, -0.1) is 0 Å². The third-order valence-corrected chi connectivity index (χ3v) is 6.68. The molecule has 3 N–H and O–H groups in total. The number of unbranched alkanes of at least 4 members (excludes halogenated alkanes) is 3. The van der Waals surface area contributed by atoms with E-state index in [9.17, 15) is 14.4 Å². The van der Waals surface area contributed by atoms with Gasteiger partial charge in [-0.3, -0.25) is 14.9 Å². The summed E-state index contributed by atoms with van der Waals surface area (Å²) in [4.78, 5) is 40.6. The molecule has 0 saturated carbocycles. The highest BCUT2D eigenvalue weighted by molar-refractivity contribution is 6.20. The van der Waals surface area contributed by atoms with Crippen molar-refractivity contribution < 1.29 is 14.4 Å². The molecule has 1 atom stereocenters. The van der Waals surface area contributed by atoms with Gasteiger partial charge in [0.1, 0.15) is 0 Å². The molecule has 0 aromatic heterocycles. The molecular weight excluding hydrogens is 404 g/mol. The quantitative estimate of drug-likeness (QED) is 0.445. The van der Waals surface area contributed by atoms with Crippen LogP contribution in [0.25, 0.3) is 0 Å². The average molecular weight is 441 g/mol. The zero-order valence-electron chi connectivity index (χ0n) is 20.0. The van der Waals surface area contributed by atoms with Gasteiger partial charge in [0.25, 0.3) is 11.8 Å². The number of nitrogens with zero attached hydrogens (tertiary/aromatic N) is 1. The van der Waals surface area contributed by atoms with E-state index >= 15 is 0 Å². The van der Waals surface area contributed by atoms with Crippen LogP contribution in [0.15, 0.2) is 23.3 Å². The molecule has 0 aliphatic carbocycles. The smallest absolute Gasteiger partial charge is 0.312 e. The lowest BCUT2D eigenvalue weighted by Crippen LogP contribution is -2.65.